The number of fused-ring (bicyclic) bond motifs is 8. The van der Waals surface area contributed by atoms with Gasteiger partial charge in [0.25, 0.3) is 6.71 Å². The van der Waals surface area contributed by atoms with Crippen LogP contribution >= 0.6 is 0 Å². The standard InChI is InChI=1S/C48H29B2N5O/c51-29-31-28-44(54-38-22-9-6-19-35(38)50-37-21-8-11-26-42(37)56-43-27-13-25-41(54)47(43)50)53-48(52-31)55-39-23-10-7-20-36(39)49-34-18-5-4-16-32(34)45(30-14-2-1-3-15-30)33-17-12-24-40(55)46(33)49/h1-28,45H. The van der Waals surface area contributed by atoms with Crippen molar-refractivity contribution in [2.45, 2.75) is 5.92 Å². The highest BCUT2D eigenvalue weighted by Crippen LogP contribution is 2.44. The van der Waals surface area contributed by atoms with E-state index in [2.05, 4.69) is 155 Å². The summed E-state index contributed by atoms with van der Waals surface area (Å²) in [7, 11) is 0. The van der Waals surface area contributed by atoms with Crippen LogP contribution in [0, 0.1) is 11.3 Å². The van der Waals surface area contributed by atoms with Crippen LogP contribution in [-0.2, 0) is 0 Å². The Balaban J connectivity index is 1.09. The lowest BCUT2D eigenvalue weighted by molar-refractivity contribution is 0.487. The van der Waals surface area contributed by atoms with Gasteiger partial charge in [-0.2, -0.15) is 10.2 Å². The summed E-state index contributed by atoms with van der Waals surface area (Å²) < 4.78 is 6.55. The van der Waals surface area contributed by atoms with Crippen LogP contribution in [0.3, 0.4) is 0 Å². The number of hydrogen-bond donors (Lipinski definition) is 0. The van der Waals surface area contributed by atoms with Gasteiger partial charge in [-0.05, 0) is 80.4 Å². The fourth-order valence-corrected chi connectivity index (χ4v) is 9.82. The first-order valence-electron chi connectivity index (χ1n) is 19.0. The Morgan fingerprint density at radius 3 is 1.86 bits per heavy atom. The normalized spacial score (nSPS) is 14.9. The summed E-state index contributed by atoms with van der Waals surface area (Å²) in [5, 5.41) is 10.6. The van der Waals surface area contributed by atoms with Gasteiger partial charge in [0.15, 0.2) is 0 Å². The largest absolute Gasteiger partial charge is 0.458 e. The highest BCUT2D eigenvalue weighted by atomic mass is 16.5. The molecule has 0 bridgehead atoms. The van der Waals surface area contributed by atoms with Crippen LogP contribution in [0.2, 0.25) is 0 Å². The molecule has 258 valence electrons. The number of anilines is 6. The van der Waals surface area contributed by atoms with E-state index in [0.717, 1.165) is 50.6 Å². The van der Waals surface area contributed by atoms with Gasteiger partial charge in [0.2, 0.25) is 12.7 Å². The van der Waals surface area contributed by atoms with Crippen LogP contribution in [0.5, 0.6) is 11.5 Å². The number of ether oxygens (including phenoxy) is 1. The van der Waals surface area contributed by atoms with Gasteiger partial charge in [0, 0.05) is 34.7 Å². The molecule has 56 heavy (non-hydrogen) atoms. The summed E-state index contributed by atoms with van der Waals surface area (Å²) in [6, 6.07) is 62.1. The topological polar surface area (TPSA) is 65.3 Å². The molecule has 5 heterocycles. The van der Waals surface area contributed by atoms with E-state index in [1.807, 2.05) is 24.3 Å². The molecule has 0 saturated carbocycles. The summed E-state index contributed by atoms with van der Waals surface area (Å²) in [6.45, 7) is 0.00517. The number of nitrogens with zero attached hydrogens (tertiary/aromatic N) is 5. The van der Waals surface area contributed by atoms with Crippen molar-refractivity contribution in [3.05, 3.63) is 192 Å². The van der Waals surface area contributed by atoms with Crippen LogP contribution in [0.25, 0.3) is 0 Å². The zero-order chi connectivity index (χ0) is 36.9. The quantitative estimate of drug-likeness (QED) is 0.194. The van der Waals surface area contributed by atoms with E-state index >= 15 is 0 Å². The first-order valence-corrected chi connectivity index (χ1v) is 19.0. The second-order valence-corrected chi connectivity index (χ2v) is 14.8. The van der Waals surface area contributed by atoms with Crippen molar-refractivity contribution in [2.75, 3.05) is 9.80 Å². The minimum absolute atomic E-state index is 0.0162. The highest BCUT2D eigenvalue weighted by Gasteiger charge is 2.45. The molecule has 0 radical (unpaired) electrons. The summed E-state index contributed by atoms with van der Waals surface area (Å²) in [5.74, 6) is 2.80. The first-order chi connectivity index (χ1) is 27.8. The van der Waals surface area contributed by atoms with Gasteiger partial charge in [0.05, 0.1) is 0 Å². The molecular formula is C48H29B2N5O. The number of nitriles is 1. The van der Waals surface area contributed by atoms with Crippen molar-refractivity contribution in [2.24, 2.45) is 0 Å². The maximum Gasteiger partial charge on any atom is 0.256 e. The fraction of sp³-hybridized carbons (Fsp3) is 0.0208. The van der Waals surface area contributed by atoms with Gasteiger partial charge < -0.3 is 4.74 Å². The molecule has 1 atom stereocenters. The number of para-hydroxylation sites is 3. The van der Waals surface area contributed by atoms with Crippen molar-refractivity contribution in [1.82, 2.24) is 9.97 Å². The van der Waals surface area contributed by atoms with Crippen molar-refractivity contribution in [1.29, 1.82) is 5.26 Å². The van der Waals surface area contributed by atoms with E-state index < -0.39 is 0 Å². The Labute approximate surface area is 325 Å². The smallest absolute Gasteiger partial charge is 0.256 e. The molecule has 0 fully saturated rings. The number of hydrogen-bond acceptors (Lipinski definition) is 6. The van der Waals surface area contributed by atoms with Crippen LogP contribution in [0.4, 0.5) is 34.5 Å². The van der Waals surface area contributed by atoms with E-state index in [4.69, 9.17) is 14.7 Å². The van der Waals surface area contributed by atoms with E-state index in [1.165, 1.54) is 33.1 Å². The molecule has 7 aromatic carbocycles. The van der Waals surface area contributed by atoms with Crippen LogP contribution in [0.15, 0.2) is 170 Å². The van der Waals surface area contributed by atoms with Crippen molar-refractivity contribution in [3.8, 4) is 17.6 Å². The molecule has 0 aliphatic carbocycles. The molecule has 1 unspecified atom stereocenters. The van der Waals surface area contributed by atoms with Gasteiger partial charge in [-0.25, -0.2) is 4.98 Å². The Morgan fingerprint density at radius 2 is 1.07 bits per heavy atom. The van der Waals surface area contributed by atoms with Crippen molar-refractivity contribution >= 4 is 80.7 Å². The molecular weight excluding hydrogens is 684 g/mol. The van der Waals surface area contributed by atoms with Gasteiger partial charge in [0.1, 0.15) is 29.1 Å². The van der Waals surface area contributed by atoms with Crippen LogP contribution in [-0.4, -0.2) is 23.4 Å². The van der Waals surface area contributed by atoms with E-state index in [-0.39, 0.29) is 25.0 Å². The molecule has 0 amide bonds. The Morgan fingerprint density at radius 1 is 0.500 bits per heavy atom. The number of aromatic nitrogens is 2. The minimum Gasteiger partial charge on any atom is -0.458 e. The molecule has 12 rings (SSSR count). The Hall–Kier alpha value is -7.36. The van der Waals surface area contributed by atoms with Gasteiger partial charge in [-0.1, -0.05) is 133 Å². The van der Waals surface area contributed by atoms with Crippen LogP contribution in [0.1, 0.15) is 28.3 Å². The summed E-state index contributed by atoms with van der Waals surface area (Å²) in [5.41, 5.74) is 15.2. The molecule has 0 spiro atoms. The lowest BCUT2D eigenvalue weighted by Crippen LogP contribution is -2.62. The maximum absolute atomic E-state index is 10.6. The van der Waals surface area contributed by atoms with E-state index in [9.17, 15) is 5.26 Å². The third kappa shape index (κ3) is 4.28. The highest BCUT2D eigenvalue weighted by molar-refractivity contribution is 6.99. The SMILES string of the molecule is N#Cc1cc(N2c3ccccc3B3c4ccccc4Oc4cccc2c43)nc(N2c3ccccc3B3c4ccccc4C(c4ccccc4)c4cccc2c43)n1. The zero-order valence-electron chi connectivity index (χ0n) is 30.0. The van der Waals surface area contributed by atoms with Crippen molar-refractivity contribution in [3.63, 3.8) is 0 Å². The van der Waals surface area contributed by atoms with Gasteiger partial charge >= 0.3 is 0 Å². The fourth-order valence-electron chi connectivity index (χ4n) is 9.82. The summed E-state index contributed by atoms with van der Waals surface area (Å²) in [4.78, 5) is 14.8. The number of rotatable bonds is 3. The lowest BCUT2D eigenvalue weighted by atomic mass is 9.31. The van der Waals surface area contributed by atoms with Crippen molar-refractivity contribution < 1.29 is 4.74 Å². The second-order valence-electron chi connectivity index (χ2n) is 14.8. The monoisotopic (exact) mass is 713 g/mol. The summed E-state index contributed by atoms with van der Waals surface area (Å²) in [6.07, 6.45) is 0. The van der Waals surface area contributed by atoms with E-state index in [1.54, 1.807) is 6.07 Å². The third-order valence-corrected chi connectivity index (χ3v) is 12.0. The molecule has 4 aliphatic heterocycles. The molecule has 8 aromatic rings. The predicted molar refractivity (Wildman–Crippen MR) is 226 cm³/mol. The maximum atomic E-state index is 10.6. The van der Waals surface area contributed by atoms with Crippen LogP contribution < -0.4 is 47.3 Å². The molecule has 0 N–H and O–H groups in total. The third-order valence-electron chi connectivity index (χ3n) is 12.0. The minimum atomic E-state index is -0.0162. The zero-order valence-corrected chi connectivity index (χ0v) is 30.0. The average molecular weight is 713 g/mol. The Kier molecular flexibility index (Phi) is 6.55. The summed E-state index contributed by atoms with van der Waals surface area (Å²) >= 11 is 0. The lowest BCUT2D eigenvalue weighted by Gasteiger charge is -2.42. The Bertz CT molecular complexity index is 2980. The van der Waals surface area contributed by atoms with Gasteiger partial charge in [-0.3, -0.25) is 9.80 Å². The molecule has 4 aliphatic rings. The number of benzene rings is 7. The molecule has 8 heteroatoms. The molecule has 6 nitrogen and oxygen atoms in total. The molecule has 0 saturated heterocycles. The second kappa shape index (κ2) is 11.8. The first kappa shape index (κ1) is 31.0. The average Bonchev–Trinajstić information content (AvgIpc) is 3.26. The van der Waals surface area contributed by atoms with Gasteiger partial charge in [-0.15, -0.1) is 0 Å². The molecule has 1 aromatic heterocycles. The van der Waals surface area contributed by atoms with E-state index in [0.29, 0.717) is 11.8 Å². The predicted octanol–water partition coefficient (Wildman–Crippen LogP) is 6.55.